The molecule has 0 aliphatic carbocycles. The molecular formula is C15H23ClN2O5. The lowest BCUT2D eigenvalue weighted by molar-refractivity contribution is -0.141. The Kier molecular flexibility index (Phi) is 9.76. The van der Waals surface area contributed by atoms with Gasteiger partial charge in [-0.25, -0.2) is 0 Å². The average Bonchev–Trinajstić information content (AvgIpc) is 2.53. The van der Waals surface area contributed by atoms with Crippen LogP contribution in [0.4, 0.5) is 0 Å². The van der Waals surface area contributed by atoms with E-state index >= 15 is 0 Å². The van der Waals surface area contributed by atoms with Crippen molar-refractivity contribution in [2.24, 2.45) is 0 Å². The maximum absolute atomic E-state index is 11.8. The Morgan fingerprint density at radius 1 is 1.17 bits per heavy atom. The number of amides is 1. The Morgan fingerprint density at radius 3 is 2.39 bits per heavy atom. The highest BCUT2D eigenvalue weighted by atomic mass is 35.5. The molecule has 1 aromatic rings. The monoisotopic (exact) mass is 346 g/mol. The number of likely N-dealkylation sites (N-methyl/N-ethyl adjacent to an activating group) is 1. The number of hydrogen-bond acceptors (Lipinski definition) is 6. The topological polar surface area (TPSA) is 85.9 Å². The van der Waals surface area contributed by atoms with Crippen LogP contribution in [0.3, 0.4) is 0 Å². The van der Waals surface area contributed by atoms with Gasteiger partial charge in [0, 0.05) is 11.6 Å². The molecule has 1 atom stereocenters. The molecule has 0 radical (unpaired) electrons. The third kappa shape index (κ3) is 6.33. The van der Waals surface area contributed by atoms with E-state index in [9.17, 15) is 9.59 Å². The lowest BCUT2D eigenvalue weighted by Gasteiger charge is -2.21. The van der Waals surface area contributed by atoms with Crippen LogP contribution in [-0.4, -0.2) is 46.8 Å². The average molecular weight is 347 g/mol. The first-order chi connectivity index (χ1) is 10.5. The maximum atomic E-state index is 11.8. The van der Waals surface area contributed by atoms with E-state index in [1.165, 1.54) is 14.2 Å². The summed E-state index contributed by atoms with van der Waals surface area (Å²) in [4.78, 5) is 23.4. The molecule has 7 nitrogen and oxygen atoms in total. The standard InChI is InChI=1S/C15H22N2O5.ClH/c1-16-9-14(18)17-12(8-15(19)22-4)11-6-5-10(20-2)7-13(11)21-3;/h5-7,12,16H,8-9H2,1-4H3,(H,17,18);1H. The van der Waals surface area contributed by atoms with Crippen molar-refractivity contribution in [3.63, 3.8) is 0 Å². The second-order valence-electron chi connectivity index (χ2n) is 4.54. The van der Waals surface area contributed by atoms with Gasteiger partial charge in [-0.3, -0.25) is 9.59 Å². The molecule has 0 spiro atoms. The Labute approximate surface area is 142 Å². The molecule has 1 aromatic carbocycles. The zero-order valence-electron chi connectivity index (χ0n) is 13.7. The van der Waals surface area contributed by atoms with Crippen molar-refractivity contribution >= 4 is 24.3 Å². The zero-order chi connectivity index (χ0) is 16.5. The molecule has 0 saturated heterocycles. The Hall–Kier alpha value is -1.99. The summed E-state index contributed by atoms with van der Waals surface area (Å²) in [6, 6.07) is 4.65. The molecule has 1 rings (SSSR count). The van der Waals surface area contributed by atoms with Crippen molar-refractivity contribution in [3.05, 3.63) is 23.8 Å². The fourth-order valence-electron chi connectivity index (χ4n) is 2.00. The van der Waals surface area contributed by atoms with Crippen molar-refractivity contribution < 1.29 is 23.8 Å². The summed E-state index contributed by atoms with van der Waals surface area (Å²) in [6.45, 7) is 0.149. The van der Waals surface area contributed by atoms with Gasteiger partial charge in [0.2, 0.25) is 5.91 Å². The predicted molar refractivity (Wildman–Crippen MR) is 88.2 cm³/mol. The van der Waals surface area contributed by atoms with Crippen LogP contribution in [0.5, 0.6) is 11.5 Å². The Morgan fingerprint density at radius 2 is 1.87 bits per heavy atom. The van der Waals surface area contributed by atoms with Crippen LogP contribution in [0.15, 0.2) is 18.2 Å². The summed E-state index contributed by atoms with van der Waals surface area (Å²) in [5.74, 6) is 0.499. The number of ether oxygens (including phenoxy) is 3. The second-order valence-corrected chi connectivity index (χ2v) is 4.54. The lowest BCUT2D eigenvalue weighted by Crippen LogP contribution is -2.36. The second kappa shape index (κ2) is 10.7. The van der Waals surface area contributed by atoms with E-state index in [0.29, 0.717) is 17.1 Å². The minimum atomic E-state index is -0.547. The zero-order valence-corrected chi connectivity index (χ0v) is 14.5. The van der Waals surface area contributed by atoms with Gasteiger partial charge in [-0.05, 0) is 19.2 Å². The first-order valence-electron chi connectivity index (χ1n) is 6.78. The van der Waals surface area contributed by atoms with Crippen molar-refractivity contribution in [3.8, 4) is 11.5 Å². The van der Waals surface area contributed by atoms with Gasteiger partial charge in [-0.2, -0.15) is 0 Å². The van der Waals surface area contributed by atoms with E-state index in [1.54, 1.807) is 32.4 Å². The molecule has 0 aromatic heterocycles. The number of hydrogen-bond donors (Lipinski definition) is 2. The van der Waals surface area contributed by atoms with Crippen LogP contribution in [0.1, 0.15) is 18.0 Å². The van der Waals surface area contributed by atoms with Crippen LogP contribution in [0.2, 0.25) is 0 Å². The van der Waals surface area contributed by atoms with Crippen LogP contribution in [0, 0.1) is 0 Å². The van der Waals surface area contributed by atoms with Gasteiger partial charge in [0.25, 0.3) is 0 Å². The molecule has 130 valence electrons. The Bertz CT molecular complexity index is 525. The number of carbonyl (C=O) groups is 2. The van der Waals surface area contributed by atoms with Crippen molar-refractivity contribution in [2.75, 3.05) is 34.9 Å². The minimum absolute atomic E-state index is 0. The van der Waals surface area contributed by atoms with Crippen LogP contribution < -0.4 is 20.1 Å². The van der Waals surface area contributed by atoms with Crippen molar-refractivity contribution in [2.45, 2.75) is 12.5 Å². The highest BCUT2D eigenvalue weighted by molar-refractivity contribution is 5.85. The fourth-order valence-corrected chi connectivity index (χ4v) is 2.00. The molecule has 0 saturated carbocycles. The molecule has 0 bridgehead atoms. The number of esters is 1. The molecule has 1 amide bonds. The third-order valence-electron chi connectivity index (χ3n) is 3.09. The fraction of sp³-hybridized carbons (Fsp3) is 0.467. The van der Waals surface area contributed by atoms with E-state index in [2.05, 4.69) is 10.6 Å². The highest BCUT2D eigenvalue weighted by Gasteiger charge is 2.22. The van der Waals surface area contributed by atoms with Crippen molar-refractivity contribution in [1.82, 2.24) is 10.6 Å². The van der Waals surface area contributed by atoms with Gasteiger partial charge in [-0.15, -0.1) is 12.4 Å². The smallest absolute Gasteiger partial charge is 0.307 e. The van der Waals surface area contributed by atoms with E-state index in [0.717, 1.165) is 0 Å². The number of methoxy groups -OCH3 is 3. The molecule has 0 aliphatic heterocycles. The summed E-state index contributed by atoms with van der Waals surface area (Å²) in [7, 11) is 6.04. The highest BCUT2D eigenvalue weighted by Crippen LogP contribution is 2.31. The minimum Gasteiger partial charge on any atom is -0.497 e. The predicted octanol–water partition coefficient (Wildman–Crippen LogP) is 1.07. The number of halogens is 1. The number of rotatable bonds is 8. The Balaban J connectivity index is 0.00000484. The third-order valence-corrected chi connectivity index (χ3v) is 3.09. The number of benzene rings is 1. The molecule has 2 N–H and O–H groups in total. The van der Waals surface area contributed by atoms with E-state index in [-0.39, 0.29) is 31.3 Å². The molecule has 0 aliphatic rings. The molecule has 8 heteroatoms. The largest absolute Gasteiger partial charge is 0.497 e. The van der Waals surface area contributed by atoms with Gasteiger partial charge in [0.15, 0.2) is 0 Å². The molecular weight excluding hydrogens is 324 g/mol. The molecule has 1 unspecified atom stereocenters. The quantitative estimate of drug-likeness (QED) is 0.685. The van der Waals surface area contributed by atoms with E-state index < -0.39 is 12.0 Å². The van der Waals surface area contributed by atoms with Crippen LogP contribution in [-0.2, 0) is 14.3 Å². The molecule has 23 heavy (non-hydrogen) atoms. The summed E-state index contributed by atoms with van der Waals surface area (Å²) in [6.07, 6.45) is 0.00857. The van der Waals surface area contributed by atoms with Gasteiger partial charge >= 0.3 is 5.97 Å². The number of carbonyl (C=O) groups excluding carboxylic acids is 2. The van der Waals surface area contributed by atoms with Crippen molar-refractivity contribution in [1.29, 1.82) is 0 Å². The first-order valence-corrected chi connectivity index (χ1v) is 6.78. The normalized spacial score (nSPS) is 11.0. The summed E-state index contributed by atoms with van der Waals surface area (Å²) in [5.41, 5.74) is 0.679. The van der Waals surface area contributed by atoms with Gasteiger partial charge in [-0.1, -0.05) is 0 Å². The lowest BCUT2D eigenvalue weighted by atomic mass is 10.0. The SMILES string of the molecule is CNCC(=O)NC(CC(=O)OC)c1ccc(OC)cc1OC.Cl. The van der Waals surface area contributed by atoms with E-state index in [1.807, 2.05) is 0 Å². The van der Waals surface area contributed by atoms with Gasteiger partial charge in [0.1, 0.15) is 11.5 Å². The number of nitrogens with one attached hydrogen (secondary N) is 2. The summed E-state index contributed by atoms with van der Waals surface area (Å²) >= 11 is 0. The summed E-state index contributed by atoms with van der Waals surface area (Å²) < 4.78 is 15.2. The maximum Gasteiger partial charge on any atom is 0.307 e. The van der Waals surface area contributed by atoms with Gasteiger partial charge < -0.3 is 24.8 Å². The van der Waals surface area contributed by atoms with Crippen LogP contribution in [0.25, 0.3) is 0 Å². The van der Waals surface area contributed by atoms with Gasteiger partial charge in [0.05, 0.1) is 40.3 Å². The van der Waals surface area contributed by atoms with E-state index in [4.69, 9.17) is 14.2 Å². The molecule has 0 fully saturated rings. The van der Waals surface area contributed by atoms with Crippen LogP contribution >= 0.6 is 12.4 Å². The summed E-state index contributed by atoms with van der Waals surface area (Å²) in [5, 5.41) is 5.55. The first kappa shape index (κ1) is 21.0. The molecule has 0 heterocycles.